The molecule has 1 aliphatic rings. The molecule has 0 unspecified atom stereocenters. The molecule has 0 aromatic heterocycles. The third-order valence-corrected chi connectivity index (χ3v) is 7.32. The van der Waals surface area contributed by atoms with E-state index < -0.39 is 10.0 Å². The van der Waals surface area contributed by atoms with Gasteiger partial charge in [-0.25, -0.2) is 13.1 Å². The van der Waals surface area contributed by atoms with Crippen LogP contribution in [0.4, 0.5) is 0 Å². The average molecular weight is 394 g/mol. The molecule has 28 heavy (non-hydrogen) atoms. The Morgan fingerprint density at radius 3 is 2.25 bits per heavy atom. The lowest BCUT2D eigenvalue weighted by Crippen LogP contribution is -2.34. The predicted molar refractivity (Wildman–Crippen MR) is 115 cm³/mol. The van der Waals surface area contributed by atoms with Gasteiger partial charge >= 0.3 is 0 Å². The van der Waals surface area contributed by atoms with Gasteiger partial charge in [0.25, 0.3) is 0 Å². The Bertz CT molecular complexity index is 1050. The van der Waals surface area contributed by atoms with Crippen LogP contribution in [0.5, 0.6) is 0 Å². The fraction of sp³-hybridized carbons (Fsp3) is 0.333. The molecule has 0 heterocycles. The minimum Gasteiger partial charge on any atom is -0.207 e. The van der Waals surface area contributed by atoms with E-state index in [1.807, 2.05) is 31.2 Å². The number of rotatable bonds is 5. The summed E-state index contributed by atoms with van der Waals surface area (Å²) in [5.74, 6) is 0.329. The summed E-state index contributed by atoms with van der Waals surface area (Å²) in [7, 11) is -3.58. The Morgan fingerprint density at radius 2 is 1.54 bits per heavy atom. The van der Waals surface area contributed by atoms with Gasteiger partial charge in [0.2, 0.25) is 10.0 Å². The highest BCUT2D eigenvalue weighted by Crippen LogP contribution is 2.36. The number of hydrogen-bond acceptors (Lipinski definition) is 2. The van der Waals surface area contributed by atoms with Crippen LogP contribution in [-0.2, 0) is 10.0 Å². The second-order valence-electron chi connectivity index (χ2n) is 7.92. The number of aryl methyl sites for hydroxylation is 1. The number of nitrogens with one attached hydrogen (secondary N) is 1. The van der Waals surface area contributed by atoms with Crippen LogP contribution in [-0.4, -0.2) is 8.42 Å². The van der Waals surface area contributed by atoms with Gasteiger partial charge in [-0.05, 0) is 60.2 Å². The van der Waals surface area contributed by atoms with Gasteiger partial charge in [-0.3, -0.25) is 0 Å². The number of sulfonamides is 1. The van der Waals surface area contributed by atoms with Crippen LogP contribution < -0.4 is 4.72 Å². The zero-order valence-electron chi connectivity index (χ0n) is 16.3. The summed E-state index contributed by atoms with van der Waals surface area (Å²) < 4.78 is 29.3. The van der Waals surface area contributed by atoms with Crippen molar-refractivity contribution >= 4 is 20.8 Å². The summed E-state index contributed by atoms with van der Waals surface area (Å²) in [4.78, 5) is 0.333. The molecule has 0 saturated heterocycles. The second-order valence-corrected chi connectivity index (χ2v) is 9.63. The molecule has 0 bridgehead atoms. The molecule has 0 aliphatic heterocycles. The topological polar surface area (TPSA) is 46.2 Å². The third-order valence-electron chi connectivity index (χ3n) is 5.87. The van der Waals surface area contributed by atoms with E-state index in [0.717, 1.165) is 29.4 Å². The van der Waals surface area contributed by atoms with Gasteiger partial charge in [-0.1, -0.05) is 73.4 Å². The molecule has 4 rings (SSSR count). The Kier molecular flexibility index (Phi) is 5.51. The normalized spacial score (nSPS) is 16.9. The van der Waals surface area contributed by atoms with Crippen LogP contribution in [0.1, 0.15) is 49.3 Å². The van der Waals surface area contributed by atoms with E-state index in [9.17, 15) is 8.42 Å². The fourth-order valence-electron chi connectivity index (χ4n) is 4.26. The highest BCUT2D eigenvalue weighted by atomic mass is 32.2. The van der Waals surface area contributed by atoms with Crippen molar-refractivity contribution in [2.24, 2.45) is 5.92 Å². The molecule has 1 aliphatic carbocycles. The van der Waals surface area contributed by atoms with Crippen molar-refractivity contribution in [3.63, 3.8) is 0 Å². The van der Waals surface area contributed by atoms with Crippen molar-refractivity contribution in [3.05, 3.63) is 77.9 Å². The van der Waals surface area contributed by atoms with Crippen molar-refractivity contribution in [1.82, 2.24) is 4.72 Å². The van der Waals surface area contributed by atoms with Crippen LogP contribution in [0.2, 0.25) is 0 Å². The SMILES string of the molecule is Cc1ccc(S(=O)(=O)N[C@H](c2ccc3ccccc3c2)C2CCCCC2)cc1. The Hall–Kier alpha value is -2.17. The second kappa shape index (κ2) is 8.06. The molecule has 0 spiro atoms. The average Bonchev–Trinajstić information content (AvgIpc) is 2.73. The van der Waals surface area contributed by atoms with Gasteiger partial charge in [-0.15, -0.1) is 0 Å². The van der Waals surface area contributed by atoms with E-state index in [0.29, 0.717) is 10.8 Å². The molecule has 1 N–H and O–H groups in total. The molecular weight excluding hydrogens is 366 g/mol. The first-order valence-electron chi connectivity index (χ1n) is 10.1. The summed E-state index contributed by atoms with van der Waals surface area (Å²) in [6.07, 6.45) is 5.70. The van der Waals surface area contributed by atoms with Crippen LogP contribution in [0, 0.1) is 12.8 Å². The highest BCUT2D eigenvalue weighted by molar-refractivity contribution is 7.89. The number of fused-ring (bicyclic) bond motifs is 1. The van der Waals surface area contributed by atoms with Gasteiger partial charge in [0.1, 0.15) is 0 Å². The summed E-state index contributed by atoms with van der Waals surface area (Å²) in [6.45, 7) is 1.96. The van der Waals surface area contributed by atoms with Crippen LogP contribution in [0.25, 0.3) is 10.8 Å². The molecular formula is C24H27NO2S. The van der Waals surface area contributed by atoms with Gasteiger partial charge in [-0.2, -0.15) is 0 Å². The third kappa shape index (κ3) is 4.13. The first-order valence-corrected chi connectivity index (χ1v) is 11.6. The van der Waals surface area contributed by atoms with E-state index in [1.165, 1.54) is 24.6 Å². The number of benzene rings is 3. The molecule has 146 valence electrons. The van der Waals surface area contributed by atoms with Gasteiger partial charge in [0.05, 0.1) is 4.90 Å². The first-order chi connectivity index (χ1) is 13.5. The maximum absolute atomic E-state index is 13.1. The lowest BCUT2D eigenvalue weighted by molar-refractivity contribution is 0.294. The maximum atomic E-state index is 13.1. The van der Waals surface area contributed by atoms with Crippen LogP contribution in [0.3, 0.4) is 0 Å². The summed E-state index contributed by atoms with van der Waals surface area (Å²) in [5, 5.41) is 2.32. The van der Waals surface area contributed by atoms with Crippen LogP contribution >= 0.6 is 0 Å². The Balaban J connectivity index is 1.71. The fourth-order valence-corrected chi connectivity index (χ4v) is 5.55. The smallest absolute Gasteiger partial charge is 0.207 e. The van der Waals surface area contributed by atoms with E-state index in [1.54, 1.807) is 12.1 Å². The highest BCUT2D eigenvalue weighted by Gasteiger charge is 2.29. The Labute approximate surface area is 167 Å². The van der Waals surface area contributed by atoms with E-state index in [2.05, 4.69) is 35.1 Å². The quantitative estimate of drug-likeness (QED) is 0.600. The lowest BCUT2D eigenvalue weighted by Gasteiger charge is -2.31. The zero-order chi connectivity index (χ0) is 19.6. The molecule has 3 aromatic carbocycles. The monoisotopic (exact) mass is 393 g/mol. The molecule has 1 atom stereocenters. The largest absolute Gasteiger partial charge is 0.241 e. The van der Waals surface area contributed by atoms with Crippen molar-refractivity contribution in [2.45, 2.75) is 50.0 Å². The summed E-state index contributed by atoms with van der Waals surface area (Å²) in [6, 6.07) is 21.4. The van der Waals surface area contributed by atoms with Crippen molar-refractivity contribution in [2.75, 3.05) is 0 Å². The van der Waals surface area contributed by atoms with Gasteiger partial charge < -0.3 is 0 Å². The lowest BCUT2D eigenvalue weighted by atomic mass is 9.81. The van der Waals surface area contributed by atoms with E-state index in [4.69, 9.17) is 0 Å². The zero-order valence-corrected chi connectivity index (χ0v) is 17.1. The van der Waals surface area contributed by atoms with Gasteiger partial charge in [0, 0.05) is 6.04 Å². The number of hydrogen-bond donors (Lipinski definition) is 1. The van der Waals surface area contributed by atoms with Crippen molar-refractivity contribution < 1.29 is 8.42 Å². The predicted octanol–water partition coefficient (Wildman–Crippen LogP) is 5.75. The van der Waals surface area contributed by atoms with E-state index in [-0.39, 0.29) is 6.04 Å². The minimum absolute atomic E-state index is 0.198. The maximum Gasteiger partial charge on any atom is 0.241 e. The Morgan fingerprint density at radius 1 is 0.857 bits per heavy atom. The van der Waals surface area contributed by atoms with Crippen molar-refractivity contribution in [1.29, 1.82) is 0 Å². The minimum atomic E-state index is -3.58. The molecule has 0 radical (unpaired) electrons. The molecule has 0 amide bonds. The molecule has 3 nitrogen and oxygen atoms in total. The van der Waals surface area contributed by atoms with E-state index >= 15 is 0 Å². The molecule has 1 saturated carbocycles. The molecule has 1 fully saturated rings. The summed E-state index contributed by atoms with van der Waals surface area (Å²) in [5.41, 5.74) is 2.11. The molecule has 4 heteroatoms. The van der Waals surface area contributed by atoms with Crippen molar-refractivity contribution in [3.8, 4) is 0 Å². The standard InChI is InChI=1S/C24H27NO2S/c1-18-11-15-23(16-12-18)28(26,27)25-24(20-8-3-2-4-9-20)22-14-13-19-7-5-6-10-21(19)17-22/h5-7,10-17,20,24-25H,2-4,8-9H2,1H3/t24-/m0/s1. The first kappa shape index (κ1) is 19.2. The van der Waals surface area contributed by atoms with Crippen LogP contribution in [0.15, 0.2) is 71.6 Å². The molecule has 3 aromatic rings. The van der Waals surface area contributed by atoms with Gasteiger partial charge in [0.15, 0.2) is 0 Å². The summed E-state index contributed by atoms with van der Waals surface area (Å²) >= 11 is 0.